The van der Waals surface area contributed by atoms with Crippen molar-refractivity contribution in [2.45, 2.75) is 24.7 Å². The van der Waals surface area contributed by atoms with Gasteiger partial charge in [-0.3, -0.25) is 24.5 Å². The van der Waals surface area contributed by atoms with Gasteiger partial charge in [0.2, 0.25) is 17.7 Å². The first-order valence-electron chi connectivity index (χ1n) is 14.1. The fourth-order valence-electron chi connectivity index (χ4n) is 7.29. The van der Waals surface area contributed by atoms with E-state index in [1.54, 1.807) is 43.5 Å². The molecule has 44 heavy (non-hydrogen) atoms. The predicted octanol–water partition coefficient (Wildman–Crippen LogP) is 5.45. The average molecular weight is 605 g/mol. The molecule has 218 valence electrons. The second-order valence-electron chi connectivity index (χ2n) is 11.4. The van der Waals surface area contributed by atoms with Gasteiger partial charge in [-0.1, -0.05) is 78.3 Å². The molecule has 0 saturated carbocycles. The van der Waals surface area contributed by atoms with Crippen molar-refractivity contribution in [3.05, 3.63) is 140 Å². The number of hydrogen-bond donors (Lipinski definition) is 1. The van der Waals surface area contributed by atoms with Gasteiger partial charge >= 0.3 is 0 Å². The van der Waals surface area contributed by atoms with E-state index in [1.165, 1.54) is 12.1 Å². The topological polar surface area (TPSA) is 122 Å². The van der Waals surface area contributed by atoms with Crippen molar-refractivity contribution < 1.29 is 19.3 Å². The Morgan fingerprint density at radius 2 is 1.61 bits per heavy atom. The first kappa shape index (κ1) is 27.7. The zero-order valence-electron chi connectivity index (χ0n) is 23.4. The number of nitro benzene ring substituents is 1. The molecule has 3 amide bonds. The third-order valence-electron chi connectivity index (χ3n) is 8.99. The van der Waals surface area contributed by atoms with Crippen LogP contribution >= 0.6 is 11.6 Å². The number of amides is 3. The van der Waals surface area contributed by atoms with E-state index in [-0.39, 0.29) is 23.7 Å². The van der Waals surface area contributed by atoms with Crippen molar-refractivity contribution in [1.82, 2.24) is 5.43 Å². The van der Waals surface area contributed by atoms with Crippen LogP contribution in [-0.2, 0) is 26.2 Å². The van der Waals surface area contributed by atoms with E-state index in [4.69, 9.17) is 11.6 Å². The number of nitrogens with one attached hydrogen (secondary N) is 1. The van der Waals surface area contributed by atoms with Crippen molar-refractivity contribution in [2.24, 2.45) is 16.9 Å². The smallest absolute Gasteiger partial charge is 0.274 e. The Morgan fingerprint density at radius 3 is 2.25 bits per heavy atom. The minimum Gasteiger partial charge on any atom is -0.274 e. The molecule has 3 aliphatic carbocycles. The third kappa shape index (κ3) is 4.00. The Labute approximate surface area is 257 Å². The maximum absolute atomic E-state index is 14.5. The van der Waals surface area contributed by atoms with Crippen LogP contribution in [0.1, 0.15) is 39.3 Å². The van der Waals surface area contributed by atoms with E-state index in [1.807, 2.05) is 48.5 Å². The quantitative estimate of drug-likeness (QED) is 0.136. The van der Waals surface area contributed by atoms with Gasteiger partial charge in [0.1, 0.15) is 5.69 Å². The summed E-state index contributed by atoms with van der Waals surface area (Å²) in [5.74, 6) is -3.61. The van der Waals surface area contributed by atoms with Crippen LogP contribution in [0, 0.1) is 28.9 Å². The lowest BCUT2D eigenvalue weighted by molar-refractivity contribution is -0.384. The van der Waals surface area contributed by atoms with E-state index in [0.717, 1.165) is 32.7 Å². The number of rotatable bonds is 6. The van der Waals surface area contributed by atoms with E-state index < -0.39 is 39.9 Å². The molecular weight excluding hydrogens is 580 g/mol. The zero-order valence-corrected chi connectivity index (χ0v) is 24.2. The standard InChI is InChI=1S/C34H25ClN4O5/c1-19-10-15-26(27(16-19)39(43)44)38-32(41)30-29-22-6-2-4-8-24(22)34(31(30)33(38)42,25-9-5-3-7-23(25)29)18-36-37-28(40)17-20-11-13-21(35)14-12-20/h2-16,18,29-31H,17H2,1H3,(H,37,40)/b36-18-/t29?,30-,31-,34?/m1/s1. The Bertz CT molecular complexity index is 1870. The van der Waals surface area contributed by atoms with Crippen LogP contribution in [0.2, 0.25) is 5.02 Å². The van der Waals surface area contributed by atoms with Crippen LogP contribution in [0.3, 0.4) is 0 Å². The summed E-state index contributed by atoms with van der Waals surface area (Å²) < 4.78 is 0. The molecule has 4 aromatic carbocycles. The fourth-order valence-corrected chi connectivity index (χ4v) is 7.42. The van der Waals surface area contributed by atoms with E-state index in [9.17, 15) is 24.5 Å². The Hall–Kier alpha value is -5.15. The zero-order chi connectivity index (χ0) is 30.7. The predicted molar refractivity (Wildman–Crippen MR) is 165 cm³/mol. The number of halogens is 1. The van der Waals surface area contributed by atoms with Crippen LogP contribution in [0.4, 0.5) is 11.4 Å². The summed E-state index contributed by atoms with van der Waals surface area (Å²) in [5.41, 5.74) is 5.78. The molecule has 8 rings (SSSR count). The van der Waals surface area contributed by atoms with Gasteiger partial charge in [-0.2, -0.15) is 5.10 Å². The van der Waals surface area contributed by atoms with E-state index >= 15 is 0 Å². The molecule has 1 saturated heterocycles. The van der Waals surface area contributed by atoms with Crippen LogP contribution < -0.4 is 10.3 Å². The monoisotopic (exact) mass is 604 g/mol. The number of hydrogen-bond acceptors (Lipinski definition) is 6. The normalized spacial score (nSPS) is 23.0. The molecule has 1 fully saturated rings. The lowest BCUT2D eigenvalue weighted by Crippen LogP contribution is -2.54. The van der Waals surface area contributed by atoms with Crippen LogP contribution in [0.15, 0.2) is 96.1 Å². The summed E-state index contributed by atoms with van der Waals surface area (Å²) in [6.45, 7) is 1.71. The lowest BCUT2D eigenvalue weighted by atomic mass is 9.47. The molecule has 9 nitrogen and oxygen atoms in total. The molecule has 2 atom stereocenters. The van der Waals surface area contributed by atoms with Crippen LogP contribution in [-0.4, -0.2) is 28.9 Å². The Kier molecular flexibility index (Phi) is 6.44. The Balaban J connectivity index is 1.36. The largest absolute Gasteiger partial charge is 0.293 e. The van der Waals surface area contributed by atoms with Gasteiger partial charge in [-0.15, -0.1) is 0 Å². The highest BCUT2D eigenvalue weighted by Crippen LogP contribution is 2.64. The number of aryl methyl sites for hydroxylation is 1. The lowest BCUT2D eigenvalue weighted by Gasteiger charge is -2.52. The second-order valence-corrected chi connectivity index (χ2v) is 11.8. The first-order chi connectivity index (χ1) is 21.2. The van der Waals surface area contributed by atoms with Gasteiger partial charge in [-0.25, -0.2) is 10.3 Å². The van der Waals surface area contributed by atoms with Gasteiger partial charge < -0.3 is 0 Å². The summed E-state index contributed by atoms with van der Waals surface area (Å²) in [4.78, 5) is 54.2. The number of nitrogens with zero attached hydrogens (tertiary/aromatic N) is 3. The van der Waals surface area contributed by atoms with Crippen molar-refractivity contribution in [3.8, 4) is 0 Å². The van der Waals surface area contributed by atoms with Crippen molar-refractivity contribution in [1.29, 1.82) is 0 Å². The molecule has 0 aromatic heterocycles. The van der Waals surface area contributed by atoms with Crippen molar-refractivity contribution in [3.63, 3.8) is 0 Å². The highest BCUT2D eigenvalue weighted by molar-refractivity contribution is 6.30. The highest BCUT2D eigenvalue weighted by Gasteiger charge is 2.68. The number of imide groups is 1. The summed E-state index contributed by atoms with van der Waals surface area (Å²) in [7, 11) is 0. The number of carbonyl (C=O) groups excluding carboxylic acids is 3. The molecule has 2 bridgehead atoms. The maximum atomic E-state index is 14.5. The second kappa shape index (κ2) is 10.2. The van der Waals surface area contributed by atoms with Crippen molar-refractivity contribution in [2.75, 3.05) is 4.90 Å². The number of nitro groups is 1. The molecule has 1 aliphatic heterocycles. The van der Waals surface area contributed by atoms with Gasteiger partial charge in [-0.05, 0) is 58.5 Å². The molecule has 1 N–H and O–H groups in total. The molecule has 4 aliphatic rings. The van der Waals surface area contributed by atoms with Crippen LogP contribution in [0.25, 0.3) is 0 Å². The van der Waals surface area contributed by atoms with E-state index in [0.29, 0.717) is 10.6 Å². The molecule has 0 unspecified atom stereocenters. The fraction of sp³-hybridized carbons (Fsp3) is 0.176. The van der Waals surface area contributed by atoms with Gasteiger partial charge in [0.15, 0.2) is 0 Å². The Morgan fingerprint density at radius 1 is 0.977 bits per heavy atom. The van der Waals surface area contributed by atoms with Gasteiger partial charge in [0.25, 0.3) is 5.69 Å². The van der Waals surface area contributed by atoms with Gasteiger partial charge in [0, 0.05) is 23.2 Å². The summed E-state index contributed by atoms with van der Waals surface area (Å²) in [5, 5.41) is 17.0. The number of anilines is 1. The summed E-state index contributed by atoms with van der Waals surface area (Å²) in [6, 6.07) is 26.6. The number of benzene rings is 4. The van der Waals surface area contributed by atoms with Gasteiger partial charge in [0.05, 0.1) is 28.6 Å². The van der Waals surface area contributed by atoms with Crippen LogP contribution in [0.5, 0.6) is 0 Å². The maximum Gasteiger partial charge on any atom is 0.293 e. The van der Waals surface area contributed by atoms with Crippen molar-refractivity contribution >= 4 is 46.9 Å². The first-order valence-corrected chi connectivity index (χ1v) is 14.5. The minimum atomic E-state index is -1.22. The minimum absolute atomic E-state index is 0.0548. The average Bonchev–Trinajstić information content (AvgIpc) is 3.29. The molecule has 1 heterocycles. The summed E-state index contributed by atoms with van der Waals surface area (Å²) in [6.07, 6.45) is 1.63. The molecular formula is C34H25ClN4O5. The highest BCUT2D eigenvalue weighted by atomic mass is 35.5. The SMILES string of the molecule is Cc1ccc(N2C(=O)[C@@H]3C4c5ccccc5C(/C=N\NC(=O)Cc5ccc(Cl)cc5)(c5ccccc54)[C@H]3C2=O)c([N+](=O)[O-])c1. The molecule has 10 heteroatoms. The number of carbonyl (C=O) groups is 3. The molecule has 0 radical (unpaired) electrons. The molecule has 0 spiro atoms. The molecule has 4 aromatic rings. The third-order valence-corrected chi connectivity index (χ3v) is 9.24. The number of hydrazone groups is 1. The summed E-state index contributed by atoms with van der Waals surface area (Å²) >= 11 is 5.97. The van der Waals surface area contributed by atoms with E-state index in [2.05, 4.69) is 10.5 Å².